The zero-order valence-corrected chi connectivity index (χ0v) is 17.3. The van der Waals surface area contributed by atoms with Crippen molar-refractivity contribution in [3.05, 3.63) is 63.5 Å². The summed E-state index contributed by atoms with van der Waals surface area (Å²) in [7, 11) is 0. The molecule has 2 aromatic carbocycles. The second-order valence-electron chi connectivity index (χ2n) is 7.09. The average molecular weight is 418 g/mol. The number of nitro groups is 1. The number of nitro benzene ring substituents is 1. The van der Waals surface area contributed by atoms with E-state index in [2.05, 4.69) is 17.1 Å². The fraction of sp³-hybridized carbons (Fsp3) is 0.381. The van der Waals surface area contributed by atoms with Gasteiger partial charge in [-0.1, -0.05) is 18.7 Å². The summed E-state index contributed by atoms with van der Waals surface area (Å²) < 4.78 is 13.5. The minimum absolute atomic E-state index is 0.138. The van der Waals surface area contributed by atoms with Gasteiger partial charge < -0.3 is 5.32 Å². The van der Waals surface area contributed by atoms with Crippen LogP contribution in [0.5, 0.6) is 0 Å². The number of likely N-dealkylation sites (tertiary alicyclic amines) is 1. The number of nitrogens with zero attached hydrogens (tertiary/aromatic N) is 2. The molecule has 1 saturated heterocycles. The molecule has 1 atom stereocenters. The minimum Gasteiger partial charge on any atom is -0.350 e. The van der Waals surface area contributed by atoms with Crippen molar-refractivity contribution < 1.29 is 14.1 Å². The zero-order chi connectivity index (χ0) is 21.0. The molecule has 29 heavy (non-hydrogen) atoms. The van der Waals surface area contributed by atoms with E-state index < -0.39 is 4.92 Å². The molecular weight excluding hydrogens is 393 g/mol. The van der Waals surface area contributed by atoms with Crippen molar-refractivity contribution in [2.24, 2.45) is 0 Å². The first-order chi connectivity index (χ1) is 13.9. The van der Waals surface area contributed by atoms with Gasteiger partial charge in [-0.2, -0.15) is 0 Å². The standard InChI is InChI=1S/C21H24FN3O3S/c1-3-24-10-4-5-16(24)13-23-21(26)15-6-9-20(19(12-15)25(27)28)29-17-7-8-18(22)14(2)11-17/h6-9,11-12,16H,3-5,10,13H2,1-2H3,(H,23,26). The minimum atomic E-state index is -0.495. The van der Waals surface area contributed by atoms with E-state index >= 15 is 0 Å². The van der Waals surface area contributed by atoms with Crippen LogP contribution >= 0.6 is 11.8 Å². The molecule has 8 heteroatoms. The van der Waals surface area contributed by atoms with Gasteiger partial charge in [-0.25, -0.2) is 4.39 Å². The number of carbonyl (C=O) groups is 1. The topological polar surface area (TPSA) is 75.5 Å². The maximum absolute atomic E-state index is 13.5. The number of likely N-dealkylation sites (N-methyl/N-ethyl adjacent to an activating group) is 1. The number of benzene rings is 2. The molecule has 0 aromatic heterocycles. The number of amides is 1. The van der Waals surface area contributed by atoms with Gasteiger partial charge in [-0.15, -0.1) is 0 Å². The van der Waals surface area contributed by atoms with Crippen molar-refractivity contribution in [3.8, 4) is 0 Å². The Morgan fingerprint density at radius 1 is 1.34 bits per heavy atom. The van der Waals surface area contributed by atoms with Crippen molar-refractivity contribution in [2.45, 2.75) is 42.5 Å². The Morgan fingerprint density at radius 3 is 2.83 bits per heavy atom. The van der Waals surface area contributed by atoms with E-state index in [1.807, 2.05) is 0 Å². The molecule has 0 radical (unpaired) electrons. The Balaban J connectivity index is 1.73. The third kappa shape index (κ3) is 5.13. The number of hydrogen-bond donors (Lipinski definition) is 1. The Hall–Kier alpha value is -2.45. The van der Waals surface area contributed by atoms with Crippen molar-refractivity contribution in [2.75, 3.05) is 19.6 Å². The lowest BCUT2D eigenvalue weighted by Gasteiger charge is -2.22. The number of carbonyl (C=O) groups excluding carboxylic acids is 1. The van der Waals surface area contributed by atoms with Crippen LogP contribution in [0, 0.1) is 22.9 Å². The summed E-state index contributed by atoms with van der Waals surface area (Å²) in [6, 6.07) is 9.35. The smallest absolute Gasteiger partial charge is 0.284 e. The molecule has 1 N–H and O–H groups in total. The lowest BCUT2D eigenvalue weighted by atomic mass is 10.1. The van der Waals surface area contributed by atoms with Gasteiger partial charge in [0.15, 0.2) is 0 Å². The Morgan fingerprint density at radius 2 is 2.14 bits per heavy atom. The summed E-state index contributed by atoms with van der Waals surface area (Å²) >= 11 is 1.18. The van der Waals surface area contributed by atoms with Crippen LogP contribution in [0.25, 0.3) is 0 Å². The highest BCUT2D eigenvalue weighted by molar-refractivity contribution is 7.99. The van der Waals surface area contributed by atoms with E-state index in [0.717, 1.165) is 25.9 Å². The second-order valence-corrected chi connectivity index (χ2v) is 8.20. The van der Waals surface area contributed by atoms with Crippen LogP contribution in [-0.2, 0) is 0 Å². The van der Waals surface area contributed by atoms with Crippen LogP contribution < -0.4 is 5.32 Å². The average Bonchev–Trinajstić information content (AvgIpc) is 3.16. The highest BCUT2D eigenvalue weighted by Crippen LogP contribution is 2.36. The summed E-state index contributed by atoms with van der Waals surface area (Å²) in [5.41, 5.74) is 0.597. The third-order valence-electron chi connectivity index (χ3n) is 5.18. The molecule has 1 fully saturated rings. The van der Waals surface area contributed by atoms with Gasteiger partial charge in [0, 0.05) is 29.1 Å². The first-order valence-electron chi connectivity index (χ1n) is 9.63. The Kier molecular flexibility index (Phi) is 6.87. The highest BCUT2D eigenvalue weighted by atomic mass is 32.2. The van der Waals surface area contributed by atoms with Crippen LogP contribution in [-0.4, -0.2) is 41.4 Å². The number of nitrogens with one attached hydrogen (secondary N) is 1. The van der Waals surface area contributed by atoms with E-state index in [-0.39, 0.29) is 23.0 Å². The van der Waals surface area contributed by atoms with E-state index in [0.29, 0.717) is 27.9 Å². The SMILES string of the molecule is CCN1CCCC1CNC(=O)c1ccc(Sc2ccc(F)c(C)c2)c([N+](=O)[O-])c1. The highest BCUT2D eigenvalue weighted by Gasteiger charge is 2.24. The quantitative estimate of drug-likeness (QED) is 0.534. The maximum atomic E-state index is 13.5. The maximum Gasteiger partial charge on any atom is 0.284 e. The zero-order valence-electron chi connectivity index (χ0n) is 16.5. The summed E-state index contributed by atoms with van der Waals surface area (Å²) in [6.45, 7) is 6.26. The van der Waals surface area contributed by atoms with E-state index in [9.17, 15) is 19.3 Å². The van der Waals surface area contributed by atoms with Crippen LogP contribution in [0.2, 0.25) is 0 Å². The molecule has 0 aliphatic carbocycles. The number of rotatable bonds is 7. The summed E-state index contributed by atoms with van der Waals surface area (Å²) in [5, 5.41) is 14.5. The van der Waals surface area contributed by atoms with Gasteiger partial charge in [0.1, 0.15) is 5.82 Å². The Labute approximate surface area is 173 Å². The molecule has 3 rings (SSSR count). The molecule has 0 saturated carbocycles. The Bertz CT molecular complexity index is 922. The molecule has 1 unspecified atom stereocenters. The predicted octanol–water partition coefficient (Wildman–Crippen LogP) is 4.41. The van der Waals surface area contributed by atoms with E-state index in [4.69, 9.17) is 0 Å². The summed E-state index contributed by atoms with van der Waals surface area (Å²) in [4.78, 5) is 27.0. The van der Waals surface area contributed by atoms with Crippen LogP contribution in [0.4, 0.5) is 10.1 Å². The van der Waals surface area contributed by atoms with Crippen molar-refractivity contribution in [1.82, 2.24) is 10.2 Å². The van der Waals surface area contributed by atoms with Crippen molar-refractivity contribution >= 4 is 23.4 Å². The molecule has 1 amide bonds. The van der Waals surface area contributed by atoms with E-state index in [1.165, 1.54) is 23.9 Å². The molecule has 1 heterocycles. The van der Waals surface area contributed by atoms with Crippen LogP contribution in [0.15, 0.2) is 46.2 Å². The van der Waals surface area contributed by atoms with Gasteiger partial charge in [0.05, 0.1) is 9.82 Å². The number of aryl methyl sites for hydroxylation is 1. The monoisotopic (exact) mass is 417 g/mol. The molecule has 2 aromatic rings. The fourth-order valence-corrected chi connectivity index (χ4v) is 4.55. The summed E-state index contributed by atoms with van der Waals surface area (Å²) in [6.07, 6.45) is 2.16. The molecule has 6 nitrogen and oxygen atoms in total. The van der Waals surface area contributed by atoms with Gasteiger partial charge in [-0.3, -0.25) is 19.8 Å². The van der Waals surface area contributed by atoms with Gasteiger partial charge in [-0.05, 0) is 68.8 Å². The van der Waals surface area contributed by atoms with Gasteiger partial charge >= 0.3 is 0 Å². The lowest BCUT2D eigenvalue weighted by molar-refractivity contribution is -0.387. The normalized spacial score (nSPS) is 16.7. The lowest BCUT2D eigenvalue weighted by Crippen LogP contribution is -2.40. The molecule has 0 spiro atoms. The largest absolute Gasteiger partial charge is 0.350 e. The predicted molar refractivity (Wildman–Crippen MR) is 111 cm³/mol. The first-order valence-corrected chi connectivity index (χ1v) is 10.5. The molecule has 1 aliphatic rings. The number of halogens is 1. The van der Waals surface area contributed by atoms with Gasteiger partial charge in [0.2, 0.25) is 0 Å². The van der Waals surface area contributed by atoms with Crippen LogP contribution in [0.1, 0.15) is 35.7 Å². The fourth-order valence-electron chi connectivity index (χ4n) is 3.55. The molecular formula is C21H24FN3O3S. The molecule has 1 aliphatic heterocycles. The van der Waals surface area contributed by atoms with Crippen molar-refractivity contribution in [3.63, 3.8) is 0 Å². The molecule has 0 bridgehead atoms. The summed E-state index contributed by atoms with van der Waals surface area (Å²) in [5.74, 6) is -0.634. The van der Waals surface area contributed by atoms with Gasteiger partial charge in [0.25, 0.3) is 11.6 Å². The third-order valence-corrected chi connectivity index (χ3v) is 6.23. The molecule has 154 valence electrons. The van der Waals surface area contributed by atoms with Crippen LogP contribution in [0.3, 0.4) is 0 Å². The van der Waals surface area contributed by atoms with E-state index in [1.54, 1.807) is 31.2 Å². The van der Waals surface area contributed by atoms with Crippen molar-refractivity contribution in [1.29, 1.82) is 0 Å². The first kappa shape index (κ1) is 21.3. The number of hydrogen-bond acceptors (Lipinski definition) is 5. The second kappa shape index (κ2) is 9.37.